The van der Waals surface area contributed by atoms with Crippen LogP contribution in [0.4, 0.5) is 0 Å². The molecule has 2 nitrogen and oxygen atoms in total. The maximum atomic E-state index is 12.1. The lowest BCUT2D eigenvalue weighted by molar-refractivity contribution is -0.124. The van der Waals surface area contributed by atoms with Crippen LogP contribution in [0.5, 0.6) is 0 Å². The standard InChI is InChI=1S/C12H21NO/c14-12(11-8-5-9-13-11)10-6-3-1-2-4-7-10/h10-11,13H,1-9H2. The summed E-state index contributed by atoms with van der Waals surface area (Å²) in [5, 5.41) is 3.32. The van der Waals surface area contributed by atoms with Crippen molar-refractivity contribution in [2.45, 2.75) is 57.4 Å². The summed E-state index contributed by atoms with van der Waals surface area (Å²) >= 11 is 0. The number of carbonyl (C=O) groups excluding carboxylic acids is 1. The SMILES string of the molecule is O=C(C1CCCCCC1)C1CCCN1. The van der Waals surface area contributed by atoms with Crippen LogP contribution in [0.3, 0.4) is 0 Å². The number of hydrogen-bond acceptors (Lipinski definition) is 2. The van der Waals surface area contributed by atoms with Gasteiger partial charge in [-0.05, 0) is 32.2 Å². The molecule has 1 aliphatic heterocycles. The third-order valence-electron chi connectivity index (χ3n) is 3.66. The van der Waals surface area contributed by atoms with E-state index in [0.29, 0.717) is 11.7 Å². The first-order chi connectivity index (χ1) is 6.88. The zero-order chi connectivity index (χ0) is 9.80. The molecular formula is C12H21NO. The van der Waals surface area contributed by atoms with E-state index in [2.05, 4.69) is 5.32 Å². The second-order valence-electron chi connectivity index (χ2n) is 4.74. The molecule has 2 aliphatic rings. The van der Waals surface area contributed by atoms with Crippen molar-refractivity contribution in [3.05, 3.63) is 0 Å². The molecule has 0 bridgehead atoms. The number of rotatable bonds is 2. The fourth-order valence-electron chi connectivity index (χ4n) is 2.78. The predicted molar refractivity (Wildman–Crippen MR) is 57.2 cm³/mol. The van der Waals surface area contributed by atoms with Gasteiger partial charge in [-0.2, -0.15) is 0 Å². The molecule has 1 atom stereocenters. The minimum atomic E-state index is 0.207. The van der Waals surface area contributed by atoms with Crippen LogP contribution in [-0.4, -0.2) is 18.4 Å². The van der Waals surface area contributed by atoms with Gasteiger partial charge in [0.05, 0.1) is 6.04 Å². The Morgan fingerprint density at radius 3 is 2.21 bits per heavy atom. The molecule has 1 N–H and O–H groups in total. The van der Waals surface area contributed by atoms with Gasteiger partial charge >= 0.3 is 0 Å². The van der Waals surface area contributed by atoms with Crippen molar-refractivity contribution >= 4 is 5.78 Å². The molecule has 14 heavy (non-hydrogen) atoms. The molecular weight excluding hydrogens is 174 g/mol. The average molecular weight is 195 g/mol. The van der Waals surface area contributed by atoms with E-state index in [9.17, 15) is 4.79 Å². The summed E-state index contributed by atoms with van der Waals surface area (Å²) in [6, 6.07) is 0.207. The van der Waals surface area contributed by atoms with E-state index in [1.54, 1.807) is 0 Å². The lowest BCUT2D eigenvalue weighted by Crippen LogP contribution is -2.35. The quantitative estimate of drug-likeness (QED) is 0.685. The summed E-state index contributed by atoms with van der Waals surface area (Å²) < 4.78 is 0. The molecule has 0 aromatic carbocycles. The second-order valence-corrected chi connectivity index (χ2v) is 4.74. The lowest BCUT2D eigenvalue weighted by atomic mass is 9.90. The van der Waals surface area contributed by atoms with Crippen molar-refractivity contribution < 1.29 is 4.79 Å². The number of carbonyl (C=O) groups is 1. The zero-order valence-corrected chi connectivity index (χ0v) is 8.93. The first-order valence-corrected chi connectivity index (χ1v) is 6.15. The van der Waals surface area contributed by atoms with Crippen LogP contribution in [0.15, 0.2) is 0 Å². The first-order valence-electron chi connectivity index (χ1n) is 6.15. The molecule has 0 aromatic heterocycles. The Morgan fingerprint density at radius 2 is 1.64 bits per heavy atom. The fourth-order valence-corrected chi connectivity index (χ4v) is 2.78. The third-order valence-corrected chi connectivity index (χ3v) is 3.66. The van der Waals surface area contributed by atoms with Crippen molar-refractivity contribution in [1.29, 1.82) is 0 Å². The third kappa shape index (κ3) is 2.35. The Kier molecular flexibility index (Phi) is 3.57. The number of nitrogens with one attached hydrogen (secondary N) is 1. The van der Waals surface area contributed by atoms with Gasteiger partial charge in [-0.15, -0.1) is 0 Å². The molecule has 0 spiro atoms. The van der Waals surface area contributed by atoms with E-state index in [4.69, 9.17) is 0 Å². The van der Waals surface area contributed by atoms with Crippen LogP contribution in [0.1, 0.15) is 51.4 Å². The van der Waals surface area contributed by atoms with E-state index in [1.165, 1.54) is 32.1 Å². The van der Waals surface area contributed by atoms with Crippen LogP contribution in [0.25, 0.3) is 0 Å². The largest absolute Gasteiger partial charge is 0.307 e. The lowest BCUT2D eigenvalue weighted by Gasteiger charge is -2.17. The number of hydrogen-bond donors (Lipinski definition) is 1. The predicted octanol–water partition coefficient (Wildman–Crippen LogP) is 2.28. The van der Waals surface area contributed by atoms with Crippen molar-refractivity contribution in [2.75, 3.05) is 6.54 Å². The number of Topliss-reactive ketones (excluding diaryl/α,β-unsaturated/α-hetero) is 1. The molecule has 0 amide bonds. The van der Waals surface area contributed by atoms with Gasteiger partial charge < -0.3 is 5.32 Å². The van der Waals surface area contributed by atoms with E-state index >= 15 is 0 Å². The first kappa shape index (κ1) is 10.2. The molecule has 1 heterocycles. The highest BCUT2D eigenvalue weighted by molar-refractivity contribution is 5.86. The normalized spacial score (nSPS) is 30.1. The van der Waals surface area contributed by atoms with Gasteiger partial charge in [0.25, 0.3) is 0 Å². The molecule has 80 valence electrons. The molecule has 1 unspecified atom stereocenters. The Hall–Kier alpha value is -0.370. The molecule has 1 saturated heterocycles. The summed E-state index contributed by atoms with van der Waals surface area (Å²) in [5.74, 6) is 0.900. The summed E-state index contributed by atoms with van der Waals surface area (Å²) in [7, 11) is 0. The Labute approximate surface area is 86.5 Å². The topological polar surface area (TPSA) is 29.1 Å². The minimum absolute atomic E-state index is 0.207. The highest BCUT2D eigenvalue weighted by Gasteiger charge is 2.28. The van der Waals surface area contributed by atoms with Crippen LogP contribution in [0, 0.1) is 5.92 Å². The molecule has 2 fully saturated rings. The van der Waals surface area contributed by atoms with Gasteiger partial charge in [-0.3, -0.25) is 4.79 Å². The summed E-state index contributed by atoms with van der Waals surface area (Å²) in [4.78, 5) is 12.1. The van der Waals surface area contributed by atoms with Gasteiger partial charge in [-0.25, -0.2) is 0 Å². The van der Waals surface area contributed by atoms with Gasteiger partial charge in [0.15, 0.2) is 5.78 Å². The Bertz CT molecular complexity index is 188. The van der Waals surface area contributed by atoms with Gasteiger partial charge in [0.2, 0.25) is 0 Å². The fraction of sp³-hybridized carbons (Fsp3) is 0.917. The van der Waals surface area contributed by atoms with Gasteiger partial charge in [0, 0.05) is 5.92 Å². The van der Waals surface area contributed by atoms with Crippen molar-refractivity contribution in [3.8, 4) is 0 Å². The van der Waals surface area contributed by atoms with Crippen molar-refractivity contribution in [2.24, 2.45) is 5.92 Å². The second kappa shape index (κ2) is 4.92. The van der Waals surface area contributed by atoms with Gasteiger partial charge in [0.1, 0.15) is 0 Å². The monoisotopic (exact) mass is 195 g/mol. The summed E-state index contributed by atoms with van der Waals surface area (Å²) in [6.45, 7) is 1.04. The van der Waals surface area contributed by atoms with Crippen molar-refractivity contribution in [1.82, 2.24) is 5.32 Å². The average Bonchev–Trinajstić information content (AvgIpc) is 2.59. The molecule has 1 saturated carbocycles. The maximum absolute atomic E-state index is 12.1. The Balaban J connectivity index is 1.88. The molecule has 1 aliphatic carbocycles. The van der Waals surface area contributed by atoms with Crippen molar-refractivity contribution in [3.63, 3.8) is 0 Å². The molecule has 0 radical (unpaired) electrons. The van der Waals surface area contributed by atoms with E-state index in [0.717, 1.165) is 25.8 Å². The molecule has 2 rings (SSSR count). The zero-order valence-electron chi connectivity index (χ0n) is 8.93. The summed E-state index contributed by atoms with van der Waals surface area (Å²) in [6.07, 6.45) is 9.77. The molecule has 0 aromatic rings. The highest BCUT2D eigenvalue weighted by Crippen LogP contribution is 2.25. The highest BCUT2D eigenvalue weighted by atomic mass is 16.1. The summed E-state index contributed by atoms with van der Waals surface area (Å²) in [5.41, 5.74) is 0. The smallest absolute Gasteiger partial charge is 0.152 e. The van der Waals surface area contributed by atoms with Crippen LogP contribution < -0.4 is 5.32 Å². The minimum Gasteiger partial charge on any atom is -0.307 e. The van der Waals surface area contributed by atoms with Gasteiger partial charge in [-0.1, -0.05) is 25.7 Å². The molecule has 2 heteroatoms. The van der Waals surface area contributed by atoms with Crippen LogP contribution in [-0.2, 0) is 4.79 Å². The number of ketones is 1. The van der Waals surface area contributed by atoms with Crippen LogP contribution in [0.2, 0.25) is 0 Å². The van der Waals surface area contributed by atoms with E-state index in [-0.39, 0.29) is 6.04 Å². The van der Waals surface area contributed by atoms with Crippen LogP contribution >= 0.6 is 0 Å². The maximum Gasteiger partial charge on any atom is 0.152 e. The Morgan fingerprint density at radius 1 is 0.929 bits per heavy atom. The van der Waals surface area contributed by atoms with E-state index < -0.39 is 0 Å². The van der Waals surface area contributed by atoms with E-state index in [1.807, 2.05) is 0 Å².